The van der Waals surface area contributed by atoms with E-state index in [0.29, 0.717) is 16.1 Å². The Morgan fingerprint density at radius 2 is 2.00 bits per heavy atom. The van der Waals surface area contributed by atoms with Gasteiger partial charge in [0.05, 0.1) is 4.90 Å². The lowest BCUT2D eigenvalue weighted by atomic mass is 9.78. The molecular formula is C15H22BrNO2S. The van der Waals surface area contributed by atoms with E-state index in [1.807, 2.05) is 19.1 Å². The summed E-state index contributed by atoms with van der Waals surface area (Å²) in [6.07, 6.45) is 4.04. The first-order valence-corrected chi connectivity index (χ1v) is 9.64. The summed E-state index contributed by atoms with van der Waals surface area (Å²) in [5.74, 6) is 0.557. The maximum atomic E-state index is 12.6. The number of benzene rings is 1. The standard InChI is InChI=1S/C15H22BrNO2S/c1-12-5-7-14(8-6-12)20(18,19)17-15(11-16)9-3-4-13(2)10-15/h5-8,13,17H,3-4,9-11H2,1-2H3. The van der Waals surface area contributed by atoms with Gasteiger partial charge >= 0.3 is 0 Å². The molecule has 2 unspecified atom stereocenters. The van der Waals surface area contributed by atoms with Crippen LogP contribution in [0.3, 0.4) is 0 Å². The lowest BCUT2D eigenvalue weighted by molar-refractivity contribution is 0.241. The van der Waals surface area contributed by atoms with Crippen LogP contribution < -0.4 is 4.72 Å². The average Bonchev–Trinajstić information content (AvgIpc) is 2.38. The number of hydrogen-bond acceptors (Lipinski definition) is 2. The van der Waals surface area contributed by atoms with Gasteiger partial charge in [0.25, 0.3) is 0 Å². The van der Waals surface area contributed by atoms with E-state index in [0.717, 1.165) is 24.8 Å². The van der Waals surface area contributed by atoms with Crippen LogP contribution in [0.1, 0.15) is 38.2 Å². The Labute approximate surface area is 130 Å². The number of alkyl halides is 1. The lowest BCUT2D eigenvalue weighted by Crippen LogP contribution is -2.52. The molecule has 1 aromatic carbocycles. The van der Waals surface area contributed by atoms with Crippen LogP contribution in [0.5, 0.6) is 0 Å². The Bertz CT molecular complexity index is 556. The summed E-state index contributed by atoms with van der Waals surface area (Å²) in [6.45, 7) is 4.14. The Kier molecular flexibility index (Phi) is 4.92. The number of aryl methyl sites for hydroxylation is 1. The van der Waals surface area contributed by atoms with Gasteiger partial charge in [-0.25, -0.2) is 13.1 Å². The first kappa shape index (κ1) is 16.0. The molecule has 0 bridgehead atoms. The molecule has 0 heterocycles. The molecule has 0 aliphatic heterocycles. The number of nitrogens with one attached hydrogen (secondary N) is 1. The van der Waals surface area contributed by atoms with Crippen molar-refractivity contribution >= 4 is 26.0 Å². The van der Waals surface area contributed by atoms with Crippen molar-refractivity contribution in [2.24, 2.45) is 5.92 Å². The summed E-state index contributed by atoms with van der Waals surface area (Å²) >= 11 is 3.51. The van der Waals surface area contributed by atoms with E-state index in [9.17, 15) is 8.42 Å². The summed E-state index contributed by atoms with van der Waals surface area (Å²) in [7, 11) is -3.45. The third-order valence-electron chi connectivity index (χ3n) is 4.03. The van der Waals surface area contributed by atoms with Gasteiger partial charge in [0.15, 0.2) is 0 Å². The fraction of sp³-hybridized carbons (Fsp3) is 0.600. The topological polar surface area (TPSA) is 46.2 Å². The molecule has 1 N–H and O–H groups in total. The number of halogens is 1. The summed E-state index contributed by atoms with van der Waals surface area (Å²) in [5, 5.41) is 0.662. The molecule has 0 amide bonds. The second-order valence-electron chi connectivity index (χ2n) is 6.03. The van der Waals surface area contributed by atoms with Crippen molar-refractivity contribution < 1.29 is 8.42 Å². The molecule has 1 aliphatic rings. The van der Waals surface area contributed by atoms with Crippen LogP contribution in [-0.4, -0.2) is 19.3 Å². The number of rotatable bonds is 4. The smallest absolute Gasteiger partial charge is 0.207 e. The SMILES string of the molecule is Cc1ccc(S(=O)(=O)NC2(CBr)CCCC(C)C2)cc1. The van der Waals surface area contributed by atoms with E-state index in [1.165, 1.54) is 6.42 Å². The van der Waals surface area contributed by atoms with Gasteiger partial charge < -0.3 is 0 Å². The molecule has 0 spiro atoms. The zero-order valence-electron chi connectivity index (χ0n) is 12.0. The molecule has 112 valence electrons. The molecule has 1 fully saturated rings. The second-order valence-corrected chi connectivity index (χ2v) is 8.28. The van der Waals surface area contributed by atoms with Gasteiger partial charge in [0.2, 0.25) is 10.0 Å². The molecule has 1 aliphatic carbocycles. The van der Waals surface area contributed by atoms with E-state index in [-0.39, 0.29) is 5.54 Å². The van der Waals surface area contributed by atoms with Crippen molar-refractivity contribution in [2.75, 3.05) is 5.33 Å². The number of hydrogen-bond donors (Lipinski definition) is 1. The van der Waals surface area contributed by atoms with Gasteiger partial charge in [0.1, 0.15) is 0 Å². The predicted molar refractivity (Wildman–Crippen MR) is 85.7 cm³/mol. The highest BCUT2D eigenvalue weighted by molar-refractivity contribution is 9.09. The van der Waals surface area contributed by atoms with Gasteiger partial charge in [0, 0.05) is 10.9 Å². The fourth-order valence-corrected chi connectivity index (χ4v) is 5.24. The van der Waals surface area contributed by atoms with Crippen molar-refractivity contribution in [3.05, 3.63) is 29.8 Å². The molecule has 2 atom stereocenters. The minimum absolute atomic E-state index is 0.346. The summed E-state index contributed by atoms with van der Waals surface area (Å²) < 4.78 is 28.1. The van der Waals surface area contributed by atoms with E-state index >= 15 is 0 Å². The van der Waals surface area contributed by atoms with Crippen LogP contribution >= 0.6 is 15.9 Å². The summed E-state index contributed by atoms with van der Waals surface area (Å²) in [4.78, 5) is 0.349. The molecule has 5 heteroatoms. The van der Waals surface area contributed by atoms with E-state index < -0.39 is 10.0 Å². The van der Waals surface area contributed by atoms with Crippen LogP contribution in [0, 0.1) is 12.8 Å². The van der Waals surface area contributed by atoms with Crippen molar-refractivity contribution in [1.82, 2.24) is 4.72 Å². The van der Waals surface area contributed by atoms with Crippen molar-refractivity contribution in [1.29, 1.82) is 0 Å². The monoisotopic (exact) mass is 359 g/mol. The zero-order chi connectivity index (χ0) is 14.8. The molecular weight excluding hydrogens is 338 g/mol. The Balaban J connectivity index is 2.23. The van der Waals surface area contributed by atoms with Crippen LogP contribution in [0.4, 0.5) is 0 Å². The van der Waals surface area contributed by atoms with E-state index in [1.54, 1.807) is 12.1 Å². The molecule has 3 nitrogen and oxygen atoms in total. The summed E-state index contributed by atoms with van der Waals surface area (Å²) in [6, 6.07) is 7.01. The van der Waals surface area contributed by atoms with Crippen LogP contribution in [0.15, 0.2) is 29.2 Å². The summed E-state index contributed by atoms with van der Waals surface area (Å²) in [5.41, 5.74) is 0.715. The number of sulfonamides is 1. The Hall–Kier alpha value is -0.390. The van der Waals surface area contributed by atoms with Gasteiger partial charge in [-0.05, 0) is 37.8 Å². The molecule has 0 saturated heterocycles. The maximum Gasteiger partial charge on any atom is 0.241 e. The van der Waals surface area contributed by atoms with E-state index in [2.05, 4.69) is 27.6 Å². The molecule has 1 aromatic rings. The predicted octanol–water partition coefficient (Wildman–Crippen LogP) is 3.62. The van der Waals surface area contributed by atoms with Crippen LogP contribution in [-0.2, 0) is 10.0 Å². The Morgan fingerprint density at radius 1 is 1.35 bits per heavy atom. The van der Waals surface area contributed by atoms with E-state index in [4.69, 9.17) is 0 Å². The minimum Gasteiger partial charge on any atom is -0.207 e. The Morgan fingerprint density at radius 3 is 2.55 bits per heavy atom. The lowest BCUT2D eigenvalue weighted by Gasteiger charge is -2.39. The van der Waals surface area contributed by atoms with Crippen molar-refractivity contribution in [2.45, 2.75) is 50.0 Å². The first-order valence-electron chi connectivity index (χ1n) is 7.03. The zero-order valence-corrected chi connectivity index (χ0v) is 14.4. The largest absolute Gasteiger partial charge is 0.241 e. The third kappa shape index (κ3) is 3.62. The fourth-order valence-electron chi connectivity index (χ4n) is 2.96. The van der Waals surface area contributed by atoms with Crippen molar-refractivity contribution in [3.63, 3.8) is 0 Å². The van der Waals surface area contributed by atoms with Gasteiger partial charge in [-0.1, -0.05) is 53.4 Å². The maximum absolute atomic E-state index is 12.6. The first-order chi connectivity index (χ1) is 9.37. The minimum atomic E-state index is -3.45. The highest BCUT2D eigenvalue weighted by atomic mass is 79.9. The van der Waals surface area contributed by atoms with Crippen LogP contribution in [0.2, 0.25) is 0 Å². The second kappa shape index (κ2) is 6.16. The quantitative estimate of drug-likeness (QED) is 0.834. The van der Waals surface area contributed by atoms with Gasteiger partial charge in [-0.3, -0.25) is 0 Å². The highest BCUT2D eigenvalue weighted by Gasteiger charge is 2.37. The highest BCUT2D eigenvalue weighted by Crippen LogP contribution is 2.34. The van der Waals surface area contributed by atoms with Crippen LogP contribution in [0.25, 0.3) is 0 Å². The normalized spacial score (nSPS) is 27.4. The molecule has 2 rings (SSSR count). The molecule has 0 aromatic heterocycles. The van der Waals surface area contributed by atoms with Crippen molar-refractivity contribution in [3.8, 4) is 0 Å². The van der Waals surface area contributed by atoms with Gasteiger partial charge in [-0.15, -0.1) is 0 Å². The molecule has 1 saturated carbocycles. The molecule has 0 radical (unpaired) electrons. The van der Waals surface area contributed by atoms with Gasteiger partial charge in [-0.2, -0.15) is 0 Å². The third-order valence-corrected chi connectivity index (χ3v) is 6.70. The molecule has 20 heavy (non-hydrogen) atoms. The average molecular weight is 360 g/mol.